The molecule has 0 aliphatic carbocycles. The van der Waals surface area contributed by atoms with Crippen molar-refractivity contribution in [3.63, 3.8) is 0 Å². The number of aryl methyl sites for hydroxylation is 1. The highest BCUT2D eigenvalue weighted by Gasteiger charge is 2.24. The van der Waals surface area contributed by atoms with Crippen molar-refractivity contribution in [2.24, 2.45) is 0 Å². The van der Waals surface area contributed by atoms with Gasteiger partial charge in [0.05, 0.1) is 18.5 Å². The minimum atomic E-state index is 0.107. The molecule has 1 unspecified atom stereocenters. The molecule has 4 heterocycles. The van der Waals surface area contributed by atoms with Gasteiger partial charge >= 0.3 is 0 Å². The lowest BCUT2D eigenvalue weighted by molar-refractivity contribution is 0.241. The van der Waals surface area contributed by atoms with E-state index in [1.807, 2.05) is 36.8 Å². The average molecular weight is 439 g/mol. The van der Waals surface area contributed by atoms with Crippen molar-refractivity contribution in [3.05, 3.63) is 41.9 Å². The van der Waals surface area contributed by atoms with E-state index in [4.69, 9.17) is 9.72 Å². The fourth-order valence-electron chi connectivity index (χ4n) is 4.36. The maximum Gasteiger partial charge on any atom is 0.162 e. The number of pyridine rings is 1. The minimum Gasteiger partial charge on any atom is -0.489 e. The highest BCUT2D eigenvalue weighted by atomic mass is 16.5. The summed E-state index contributed by atoms with van der Waals surface area (Å²) in [4.78, 5) is 11.7. The van der Waals surface area contributed by atoms with Crippen LogP contribution in [0.5, 0.6) is 5.75 Å². The van der Waals surface area contributed by atoms with Crippen molar-refractivity contribution >= 4 is 17.3 Å². The highest BCUT2D eigenvalue weighted by Crippen LogP contribution is 2.29. The Bertz CT molecular complexity index is 1030. The van der Waals surface area contributed by atoms with E-state index in [-0.39, 0.29) is 12.7 Å². The maximum atomic E-state index is 9.56. The Hall–Kier alpha value is -2.87. The summed E-state index contributed by atoms with van der Waals surface area (Å²) < 4.78 is 7.67. The number of fused-ring (bicyclic) bond motifs is 1. The van der Waals surface area contributed by atoms with Crippen molar-refractivity contribution in [1.82, 2.24) is 19.6 Å². The fraction of sp³-hybridized carbons (Fsp3) is 0.542. The first-order valence-corrected chi connectivity index (χ1v) is 11.7. The summed E-state index contributed by atoms with van der Waals surface area (Å²) in [5.74, 6) is 2.61. The number of hydrogen-bond acceptors (Lipinski definition) is 7. The molecule has 172 valence electrons. The van der Waals surface area contributed by atoms with Gasteiger partial charge in [0.25, 0.3) is 0 Å². The lowest BCUT2D eigenvalue weighted by Gasteiger charge is -2.36. The van der Waals surface area contributed by atoms with E-state index in [0.717, 1.165) is 66.4 Å². The molecular formula is C24H34N6O2. The molecule has 1 atom stereocenters. The Balaban J connectivity index is 1.64. The third-order valence-corrected chi connectivity index (χ3v) is 5.91. The molecule has 0 radical (unpaired) electrons. The number of aromatic nitrogens is 4. The number of aliphatic hydroxyl groups is 1. The maximum absolute atomic E-state index is 9.56. The highest BCUT2D eigenvalue weighted by molar-refractivity contribution is 5.61. The first-order valence-electron chi connectivity index (χ1n) is 11.7. The second-order valence-electron chi connectivity index (χ2n) is 8.66. The Morgan fingerprint density at radius 1 is 1.22 bits per heavy atom. The van der Waals surface area contributed by atoms with Gasteiger partial charge in [-0.1, -0.05) is 6.92 Å². The summed E-state index contributed by atoms with van der Waals surface area (Å²) >= 11 is 0. The van der Waals surface area contributed by atoms with Crippen LogP contribution < -0.4 is 15.0 Å². The molecular weight excluding hydrogens is 404 g/mol. The van der Waals surface area contributed by atoms with Gasteiger partial charge in [-0.25, -0.2) is 4.98 Å². The smallest absolute Gasteiger partial charge is 0.162 e. The molecule has 0 saturated carbocycles. The van der Waals surface area contributed by atoms with E-state index in [1.54, 1.807) is 6.20 Å². The monoisotopic (exact) mass is 438 g/mol. The molecule has 0 amide bonds. The third-order valence-electron chi connectivity index (χ3n) is 5.91. The standard InChI is InChI=1S/C24H34N6O2/c1-4-19-15-27-30-22(26-14-18-11-21(16-25-13-18)32-17(2)3)12-23(28-24(19)30)29-9-6-5-7-20(29)8-10-31/h11-13,15-17,20,26,31H,4-10,14H2,1-3H3. The van der Waals surface area contributed by atoms with Gasteiger partial charge in [-0.05, 0) is 57.6 Å². The normalized spacial score (nSPS) is 16.7. The van der Waals surface area contributed by atoms with Crippen LogP contribution in [0, 0.1) is 0 Å². The van der Waals surface area contributed by atoms with E-state index in [2.05, 4.69) is 33.3 Å². The van der Waals surface area contributed by atoms with Crippen molar-refractivity contribution in [1.29, 1.82) is 0 Å². The molecule has 2 N–H and O–H groups in total. The summed E-state index contributed by atoms with van der Waals surface area (Å²) in [5.41, 5.74) is 3.05. The minimum absolute atomic E-state index is 0.107. The molecule has 1 aliphatic rings. The molecule has 1 aliphatic heterocycles. The van der Waals surface area contributed by atoms with Crippen LogP contribution in [0.3, 0.4) is 0 Å². The molecule has 3 aromatic rings. The molecule has 4 rings (SSSR count). The quantitative estimate of drug-likeness (QED) is 0.525. The second-order valence-corrected chi connectivity index (χ2v) is 8.66. The molecule has 1 fully saturated rings. The van der Waals surface area contributed by atoms with Gasteiger partial charge in [-0.15, -0.1) is 0 Å². The average Bonchev–Trinajstić information content (AvgIpc) is 3.21. The molecule has 32 heavy (non-hydrogen) atoms. The fourth-order valence-corrected chi connectivity index (χ4v) is 4.36. The summed E-state index contributed by atoms with van der Waals surface area (Å²) in [6.45, 7) is 7.90. The van der Waals surface area contributed by atoms with Gasteiger partial charge in [-0.2, -0.15) is 9.61 Å². The van der Waals surface area contributed by atoms with Crippen LogP contribution >= 0.6 is 0 Å². The number of nitrogens with zero attached hydrogens (tertiary/aromatic N) is 5. The lowest BCUT2D eigenvalue weighted by atomic mass is 9.99. The molecule has 0 spiro atoms. The molecule has 8 heteroatoms. The van der Waals surface area contributed by atoms with E-state index in [1.165, 1.54) is 6.42 Å². The first-order chi connectivity index (χ1) is 15.6. The molecule has 8 nitrogen and oxygen atoms in total. The lowest BCUT2D eigenvalue weighted by Crippen LogP contribution is -2.40. The van der Waals surface area contributed by atoms with Gasteiger partial charge in [0.15, 0.2) is 5.65 Å². The summed E-state index contributed by atoms with van der Waals surface area (Å²) in [7, 11) is 0. The van der Waals surface area contributed by atoms with Gasteiger partial charge < -0.3 is 20.1 Å². The number of nitrogens with one attached hydrogen (secondary N) is 1. The number of rotatable bonds is 9. The van der Waals surface area contributed by atoms with E-state index >= 15 is 0 Å². The Morgan fingerprint density at radius 2 is 2.09 bits per heavy atom. The van der Waals surface area contributed by atoms with Gasteiger partial charge in [0.1, 0.15) is 17.4 Å². The number of anilines is 2. The topological polar surface area (TPSA) is 87.8 Å². The van der Waals surface area contributed by atoms with E-state index in [9.17, 15) is 5.11 Å². The van der Waals surface area contributed by atoms with Crippen LogP contribution in [-0.2, 0) is 13.0 Å². The Kier molecular flexibility index (Phi) is 7.09. The van der Waals surface area contributed by atoms with Crippen LogP contribution in [-0.4, -0.2) is 50.0 Å². The first kappa shape index (κ1) is 22.3. The van der Waals surface area contributed by atoms with Crippen LogP contribution in [0.25, 0.3) is 5.65 Å². The van der Waals surface area contributed by atoms with Gasteiger partial charge in [0, 0.05) is 43.6 Å². The van der Waals surface area contributed by atoms with Crippen molar-refractivity contribution < 1.29 is 9.84 Å². The van der Waals surface area contributed by atoms with Crippen LogP contribution in [0.2, 0.25) is 0 Å². The largest absolute Gasteiger partial charge is 0.489 e. The SMILES string of the molecule is CCc1cnn2c(NCc3cncc(OC(C)C)c3)cc(N3CCCCC3CCO)nc12. The van der Waals surface area contributed by atoms with Crippen LogP contribution in [0.15, 0.2) is 30.7 Å². The van der Waals surface area contributed by atoms with Gasteiger partial charge in [0.2, 0.25) is 0 Å². The number of aliphatic hydroxyl groups excluding tert-OH is 1. The third kappa shape index (κ3) is 4.96. The van der Waals surface area contributed by atoms with Crippen LogP contribution in [0.4, 0.5) is 11.6 Å². The number of ether oxygens (including phenoxy) is 1. The Morgan fingerprint density at radius 3 is 2.88 bits per heavy atom. The van der Waals surface area contributed by atoms with Crippen molar-refractivity contribution in [2.45, 2.75) is 71.6 Å². The summed E-state index contributed by atoms with van der Waals surface area (Å²) in [6.07, 6.45) is 10.7. The van der Waals surface area contributed by atoms with E-state index < -0.39 is 0 Å². The Labute approximate surface area is 189 Å². The predicted molar refractivity (Wildman–Crippen MR) is 126 cm³/mol. The summed E-state index contributed by atoms with van der Waals surface area (Å²) in [6, 6.07) is 4.41. The second kappa shape index (κ2) is 10.2. The summed E-state index contributed by atoms with van der Waals surface area (Å²) in [5, 5.41) is 17.7. The molecule has 1 saturated heterocycles. The van der Waals surface area contributed by atoms with Crippen molar-refractivity contribution in [2.75, 3.05) is 23.4 Å². The predicted octanol–water partition coefficient (Wildman–Crippen LogP) is 3.83. The number of hydrogen-bond donors (Lipinski definition) is 2. The van der Waals surface area contributed by atoms with E-state index in [0.29, 0.717) is 12.6 Å². The molecule has 3 aromatic heterocycles. The van der Waals surface area contributed by atoms with Crippen molar-refractivity contribution in [3.8, 4) is 5.75 Å². The molecule has 0 bridgehead atoms. The zero-order chi connectivity index (χ0) is 22.5. The van der Waals surface area contributed by atoms with Gasteiger partial charge in [-0.3, -0.25) is 4.98 Å². The molecule has 0 aromatic carbocycles. The zero-order valence-corrected chi connectivity index (χ0v) is 19.3. The number of piperidine rings is 1. The zero-order valence-electron chi connectivity index (χ0n) is 19.3. The van der Waals surface area contributed by atoms with Crippen LogP contribution in [0.1, 0.15) is 57.6 Å².